The molecular weight excluding hydrogens is 433 g/mol. The number of nitrogens with zero attached hydrogens (tertiary/aromatic N) is 3. The molecule has 0 bridgehead atoms. The summed E-state index contributed by atoms with van der Waals surface area (Å²) in [5.41, 5.74) is 0. The van der Waals surface area contributed by atoms with Gasteiger partial charge in [0.1, 0.15) is 0 Å². The van der Waals surface area contributed by atoms with E-state index in [-0.39, 0.29) is 17.7 Å². The summed E-state index contributed by atoms with van der Waals surface area (Å²) in [5, 5.41) is 0. The van der Waals surface area contributed by atoms with Crippen LogP contribution in [0.4, 0.5) is 0 Å². The predicted molar refractivity (Wildman–Crippen MR) is 143 cm³/mol. The highest BCUT2D eigenvalue weighted by atomic mass is 31.2. The molecule has 0 aliphatic carbocycles. The molecule has 6 nitrogen and oxygen atoms in total. The maximum Gasteiger partial charge on any atom is 0.226 e. The van der Waals surface area contributed by atoms with Crippen LogP contribution in [0.15, 0.2) is 0 Å². The molecule has 0 rings (SSSR count). The van der Waals surface area contributed by atoms with Crippen LogP contribution in [0, 0.1) is 5.92 Å². The highest BCUT2D eigenvalue weighted by molar-refractivity contribution is 7.76. The van der Waals surface area contributed by atoms with Gasteiger partial charge in [0.2, 0.25) is 17.7 Å². The van der Waals surface area contributed by atoms with Crippen molar-refractivity contribution in [2.24, 2.45) is 5.92 Å². The van der Waals surface area contributed by atoms with Gasteiger partial charge in [0.25, 0.3) is 0 Å². The third kappa shape index (κ3) is 11.7. The van der Waals surface area contributed by atoms with E-state index in [0.717, 1.165) is 70.3 Å². The molecule has 0 saturated heterocycles. The highest BCUT2D eigenvalue weighted by Gasteiger charge is 2.39. The van der Waals surface area contributed by atoms with E-state index >= 15 is 0 Å². The van der Waals surface area contributed by atoms with Crippen molar-refractivity contribution in [2.45, 2.75) is 81.1 Å². The second kappa shape index (κ2) is 17.3. The molecule has 0 aromatic heterocycles. The van der Waals surface area contributed by atoms with Crippen LogP contribution in [0.5, 0.6) is 0 Å². The summed E-state index contributed by atoms with van der Waals surface area (Å²) >= 11 is 0. The van der Waals surface area contributed by atoms with Crippen LogP contribution in [0.2, 0.25) is 0 Å². The van der Waals surface area contributed by atoms with E-state index in [0.29, 0.717) is 25.2 Å². The lowest BCUT2D eigenvalue weighted by molar-refractivity contribution is -0.131. The largest absolute Gasteiger partial charge is 0.343 e. The van der Waals surface area contributed by atoms with Crippen LogP contribution in [0.25, 0.3) is 0 Å². The molecule has 0 heterocycles. The smallest absolute Gasteiger partial charge is 0.226 e. The van der Waals surface area contributed by atoms with E-state index < -0.39 is 7.26 Å². The summed E-state index contributed by atoms with van der Waals surface area (Å²) in [7, 11) is -1.64. The molecule has 0 aromatic carbocycles. The molecule has 0 aliphatic heterocycles. The molecule has 0 saturated carbocycles. The SMILES string of the molecule is CCN(CC)C(=O)CC[P+](CCC(=O)N(CC)CC)(CCC(=O)N(CC)CC)CCC(C)C. The van der Waals surface area contributed by atoms with Crippen LogP contribution in [-0.4, -0.2) is 96.3 Å². The average molecular weight is 487 g/mol. The van der Waals surface area contributed by atoms with Crippen LogP contribution < -0.4 is 0 Å². The fourth-order valence-corrected chi connectivity index (χ4v) is 8.81. The standard InChI is InChI=1S/C26H53N3O3P/c1-9-27(10-2)24(30)16-20-33(19-15-23(7)8,21-17-25(31)28(11-3)12-4)22-18-26(32)29(13-5)14-6/h23H,9-22H2,1-8H3/q+1. The molecule has 0 N–H and O–H groups in total. The lowest BCUT2D eigenvalue weighted by Crippen LogP contribution is -2.34. The second-order valence-corrected chi connectivity index (χ2v) is 13.8. The zero-order chi connectivity index (χ0) is 25.4. The fourth-order valence-electron chi connectivity index (χ4n) is 4.40. The molecule has 0 spiro atoms. The Morgan fingerprint density at radius 3 is 1.03 bits per heavy atom. The molecule has 0 radical (unpaired) electrons. The zero-order valence-electron chi connectivity index (χ0n) is 23.0. The van der Waals surface area contributed by atoms with Crippen molar-refractivity contribution in [3.05, 3.63) is 0 Å². The molecule has 194 valence electrons. The van der Waals surface area contributed by atoms with Crippen molar-refractivity contribution >= 4 is 25.0 Å². The first-order valence-electron chi connectivity index (χ1n) is 13.3. The Labute approximate surface area is 205 Å². The van der Waals surface area contributed by atoms with Gasteiger partial charge in [-0.1, -0.05) is 13.8 Å². The quantitative estimate of drug-likeness (QED) is 0.261. The summed E-state index contributed by atoms with van der Waals surface area (Å²) in [6.07, 6.45) is 6.31. The van der Waals surface area contributed by atoms with Gasteiger partial charge in [0, 0.05) is 46.5 Å². The first-order valence-corrected chi connectivity index (χ1v) is 15.8. The van der Waals surface area contributed by atoms with E-state index in [4.69, 9.17) is 0 Å². The number of hydrogen-bond donors (Lipinski definition) is 0. The Balaban J connectivity index is 5.73. The summed E-state index contributed by atoms with van der Waals surface area (Å²) in [5.74, 6) is 1.19. The Morgan fingerprint density at radius 2 is 0.818 bits per heavy atom. The third-order valence-corrected chi connectivity index (χ3v) is 11.7. The minimum absolute atomic E-state index is 0.207. The number of rotatable bonds is 18. The molecule has 0 aliphatic rings. The van der Waals surface area contributed by atoms with Crippen molar-refractivity contribution < 1.29 is 14.4 Å². The topological polar surface area (TPSA) is 60.9 Å². The van der Waals surface area contributed by atoms with Crippen molar-refractivity contribution in [1.82, 2.24) is 14.7 Å². The van der Waals surface area contributed by atoms with E-state index in [1.807, 2.05) is 56.2 Å². The number of amides is 3. The number of carbonyl (C=O) groups is 3. The van der Waals surface area contributed by atoms with Crippen molar-refractivity contribution in [2.75, 3.05) is 63.9 Å². The molecule has 7 heteroatoms. The average Bonchev–Trinajstić information content (AvgIpc) is 2.80. The van der Waals surface area contributed by atoms with Crippen molar-refractivity contribution in [3.8, 4) is 0 Å². The van der Waals surface area contributed by atoms with Gasteiger partial charge in [-0.2, -0.15) is 0 Å². The lowest BCUT2D eigenvalue weighted by Gasteiger charge is -2.31. The van der Waals surface area contributed by atoms with Gasteiger partial charge in [-0.25, -0.2) is 0 Å². The van der Waals surface area contributed by atoms with E-state index in [1.54, 1.807) is 0 Å². The maximum atomic E-state index is 12.9. The zero-order valence-corrected chi connectivity index (χ0v) is 23.9. The summed E-state index contributed by atoms with van der Waals surface area (Å²) in [4.78, 5) is 44.3. The molecule has 0 fully saturated rings. The molecule has 3 amide bonds. The first-order chi connectivity index (χ1) is 15.6. The van der Waals surface area contributed by atoms with Gasteiger partial charge in [0.15, 0.2) is 0 Å². The van der Waals surface area contributed by atoms with Crippen molar-refractivity contribution in [1.29, 1.82) is 0 Å². The Hall–Kier alpha value is -1.16. The predicted octanol–water partition coefficient (Wildman–Crippen LogP) is 4.83. The van der Waals surface area contributed by atoms with E-state index in [1.165, 1.54) is 0 Å². The Bertz CT molecular complexity index is 502. The molecule has 0 atom stereocenters. The van der Waals surface area contributed by atoms with E-state index in [9.17, 15) is 14.4 Å². The Kier molecular flexibility index (Phi) is 16.7. The first kappa shape index (κ1) is 31.8. The molecule has 0 aromatic rings. The van der Waals surface area contributed by atoms with Gasteiger partial charge in [-0.05, 0) is 53.9 Å². The minimum Gasteiger partial charge on any atom is -0.343 e. The second-order valence-electron chi connectivity index (χ2n) is 9.37. The van der Waals surface area contributed by atoms with Crippen LogP contribution in [0.3, 0.4) is 0 Å². The molecule has 0 unspecified atom stereocenters. The lowest BCUT2D eigenvalue weighted by atomic mass is 10.2. The Morgan fingerprint density at radius 1 is 0.545 bits per heavy atom. The van der Waals surface area contributed by atoms with Crippen LogP contribution in [0.1, 0.15) is 81.1 Å². The fraction of sp³-hybridized carbons (Fsp3) is 0.885. The van der Waals surface area contributed by atoms with Gasteiger partial charge in [-0.15, -0.1) is 0 Å². The molecule has 33 heavy (non-hydrogen) atoms. The van der Waals surface area contributed by atoms with Gasteiger partial charge >= 0.3 is 0 Å². The normalized spacial score (nSPS) is 11.5. The summed E-state index contributed by atoms with van der Waals surface area (Å²) < 4.78 is 0. The monoisotopic (exact) mass is 486 g/mol. The number of hydrogen-bond acceptors (Lipinski definition) is 3. The highest BCUT2D eigenvalue weighted by Crippen LogP contribution is 2.61. The minimum atomic E-state index is -1.64. The van der Waals surface area contributed by atoms with Gasteiger partial charge < -0.3 is 14.7 Å². The maximum absolute atomic E-state index is 12.9. The summed E-state index contributed by atoms with van der Waals surface area (Å²) in [6.45, 7) is 21.0. The van der Waals surface area contributed by atoms with Crippen molar-refractivity contribution in [3.63, 3.8) is 0 Å². The van der Waals surface area contributed by atoms with Crippen LogP contribution in [-0.2, 0) is 14.4 Å². The molecular formula is C26H53N3O3P+. The van der Waals surface area contributed by atoms with Gasteiger partial charge in [0.05, 0.1) is 43.9 Å². The number of carbonyl (C=O) groups excluding carboxylic acids is 3. The van der Waals surface area contributed by atoms with E-state index in [2.05, 4.69) is 13.8 Å². The van der Waals surface area contributed by atoms with Gasteiger partial charge in [-0.3, -0.25) is 14.4 Å². The van der Waals surface area contributed by atoms with Crippen LogP contribution >= 0.6 is 7.26 Å². The third-order valence-electron chi connectivity index (χ3n) is 6.93. The summed E-state index contributed by atoms with van der Waals surface area (Å²) in [6, 6.07) is 0.